The predicted octanol–water partition coefficient (Wildman–Crippen LogP) is 1.68. The Morgan fingerprint density at radius 3 is 2.64 bits per heavy atom. The first-order chi connectivity index (χ1) is 10.5. The first-order valence-corrected chi connectivity index (χ1v) is 8.64. The van der Waals surface area contributed by atoms with Crippen LogP contribution in [0.3, 0.4) is 0 Å². The van der Waals surface area contributed by atoms with Gasteiger partial charge in [0.05, 0.1) is 12.0 Å². The monoisotopic (exact) mass is 328 g/mol. The van der Waals surface area contributed by atoms with Crippen molar-refractivity contribution in [2.24, 2.45) is 0 Å². The number of nitrogens with one attached hydrogen (secondary N) is 1. The molecule has 0 aromatic heterocycles. The highest BCUT2D eigenvalue weighted by Crippen LogP contribution is 2.25. The van der Waals surface area contributed by atoms with Gasteiger partial charge in [0.1, 0.15) is 0 Å². The Morgan fingerprint density at radius 2 is 2.00 bits per heavy atom. The van der Waals surface area contributed by atoms with E-state index in [1.165, 1.54) is 26.2 Å². The normalized spacial score (nSPS) is 15.4. The summed E-state index contributed by atoms with van der Waals surface area (Å²) >= 11 is 0. The number of hydrogen-bond acceptors (Lipinski definition) is 4. The summed E-state index contributed by atoms with van der Waals surface area (Å²) in [5, 5.41) is 0. The minimum atomic E-state index is -3.71. The van der Waals surface area contributed by atoms with Gasteiger partial charge in [0, 0.05) is 31.7 Å². The number of ether oxygens (including phenoxy) is 1. The maximum atomic E-state index is 14.0. The molecule has 1 N–H and O–H groups in total. The molecule has 0 fully saturated rings. The van der Waals surface area contributed by atoms with E-state index in [4.69, 9.17) is 4.74 Å². The fraction of sp³-hybridized carbons (Fsp3) is 0.467. The third-order valence-electron chi connectivity index (χ3n) is 3.65. The van der Waals surface area contributed by atoms with Crippen molar-refractivity contribution in [1.29, 1.82) is 0 Å². The van der Waals surface area contributed by atoms with Gasteiger partial charge in [-0.3, -0.25) is 4.90 Å². The zero-order chi connectivity index (χ0) is 16.2. The molecule has 0 bridgehead atoms. The lowest BCUT2D eigenvalue weighted by molar-refractivity contribution is 0.347. The van der Waals surface area contributed by atoms with Crippen LogP contribution in [0.1, 0.15) is 12.0 Å². The van der Waals surface area contributed by atoms with Crippen molar-refractivity contribution in [3.05, 3.63) is 35.7 Å². The minimum Gasteiger partial charge on any atom is -0.494 e. The van der Waals surface area contributed by atoms with E-state index in [0.717, 1.165) is 19.6 Å². The minimum absolute atomic E-state index is 0.0398. The van der Waals surface area contributed by atoms with Crippen molar-refractivity contribution in [3.8, 4) is 5.75 Å². The lowest BCUT2D eigenvalue weighted by Crippen LogP contribution is -2.29. The number of halogens is 1. The van der Waals surface area contributed by atoms with Gasteiger partial charge >= 0.3 is 0 Å². The topological polar surface area (TPSA) is 58.6 Å². The summed E-state index contributed by atoms with van der Waals surface area (Å²) in [5.74, 6) is -0.605. The Labute approximate surface area is 130 Å². The molecule has 122 valence electrons. The van der Waals surface area contributed by atoms with E-state index in [9.17, 15) is 12.8 Å². The molecule has 1 heterocycles. The standard InChI is InChI=1S/C15H21FN2O3S/c1-12-14(7-6-13(21-2)15(12)16)22(19,20)17-8-5-11-18-9-3-4-10-18/h3-4,6-7,17H,5,8-11H2,1-2H3. The maximum absolute atomic E-state index is 14.0. The van der Waals surface area contributed by atoms with Gasteiger partial charge < -0.3 is 4.74 Å². The summed E-state index contributed by atoms with van der Waals surface area (Å²) in [6.07, 6.45) is 4.89. The fourth-order valence-corrected chi connectivity index (χ4v) is 3.69. The zero-order valence-corrected chi connectivity index (χ0v) is 13.6. The Bertz CT molecular complexity index is 651. The van der Waals surface area contributed by atoms with E-state index in [1.54, 1.807) is 0 Å². The third kappa shape index (κ3) is 3.85. The van der Waals surface area contributed by atoms with E-state index in [1.807, 2.05) is 0 Å². The molecule has 0 aliphatic carbocycles. The number of hydrogen-bond donors (Lipinski definition) is 1. The first kappa shape index (κ1) is 16.9. The van der Waals surface area contributed by atoms with Crippen LogP contribution in [-0.4, -0.2) is 46.6 Å². The molecule has 2 rings (SSSR count). The summed E-state index contributed by atoms with van der Waals surface area (Å²) in [7, 11) is -2.37. The highest BCUT2D eigenvalue weighted by atomic mass is 32.2. The van der Waals surface area contributed by atoms with E-state index in [2.05, 4.69) is 21.8 Å². The number of rotatable bonds is 7. The molecule has 1 aromatic rings. The molecular formula is C15H21FN2O3S. The Hall–Kier alpha value is -1.44. The molecule has 0 saturated carbocycles. The van der Waals surface area contributed by atoms with Gasteiger partial charge in [-0.15, -0.1) is 0 Å². The largest absolute Gasteiger partial charge is 0.494 e. The number of nitrogens with zero attached hydrogens (tertiary/aromatic N) is 1. The summed E-state index contributed by atoms with van der Waals surface area (Å²) in [6.45, 7) is 4.41. The maximum Gasteiger partial charge on any atom is 0.240 e. The molecule has 0 saturated heterocycles. The van der Waals surface area contributed by atoms with E-state index >= 15 is 0 Å². The van der Waals surface area contributed by atoms with Gasteiger partial charge in [-0.25, -0.2) is 17.5 Å². The van der Waals surface area contributed by atoms with Crippen LogP contribution >= 0.6 is 0 Å². The third-order valence-corrected chi connectivity index (χ3v) is 5.25. The van der Waals surface area contributed by atoms with Crippen molar-refractivity contribution in [3.63, 3.8) is 0 Å². The van der Waals surface area contributed by atoms with Crippen LogP contribution in [0.15, 0.2) is 29.2 Å². The lowest BCUT2D eigenvalue weighted by atomic mass is 10.2. The zero-order valence-electron chi connectivity index (χ0n) is 12.8. The second-order valence-electron chi connectivity index (χ2n) is 5.19. The number of methoxy groups -OCH3 is 1. The van der Waals surface area contributed by atoms with Crippen molar-refractivity contribution in [2.45, 2.75) is 18.2 Å². The molecule has 5 nitrogen and oxygen atoms in total. The van der Waals surface area contributed by atoms with E-state index in [-0.39, 0.29) is 16.2 Å². The number of sulfonamides is 1. The quantitative estimate of drug-likeness (QED) is 0.611. The Morgan fingerprint density at radius 1 is 1.32 bits per heavy atom. The highest BCUT2D eigenvalue weighted by molar-refractivity contribution is 7.89. The van der Waals surface area contributed by atoms with Crippen LogP contribution < -0.4 is 9.46 Å². The van der Waals surface area contributed by atoms with Crippen molar-refractivity contribution >= 4 is 10.0 Å². The molecule has 1 aromatic carbocycles. The molecule has 0 spiro atoms. The van der Waals surface area contributed by atoms with Crippen LogP contribution in [0.2, 0.25) is 0 Å². The SMILES string of the molecule is COc1ccc(S(=O)(=O)NCCCN2CC=CC2)c(C)c1F. The average molecular weight is 328 g/mol. The van der Waals surface area contributed by atoms with Gasteiger partial charge in [-0.05, 0) is 25.5 Å². The van der Waals surface area contributed by atoms with Gasteiger partial charge in [-0.2, -0.15) is 0 Å². The summed E-state index contributed by atoms with van der Waals surface area (Å²) in [5.41, 5.74) is 0.0654. The van der Waals surface area contributed by atoms with Crippen molar-refractivity contribution in [2.75, 3.05) is 33.3 Å². The van der Waals surface area contributed by atoms with E-state index < -0.39 is 15.8 Å². The Kier molecular flexibility index (Phi) is 5.55. The molecule has 0 unspecified atom stereocenters. The van der Waals surface area contributed by atoms with E-state index in [0.29, 0.717) is 13.0 Å². The van der Waals surface area contributed by atoms with Crippen LogP contribution in [0.25, 0.3) is 0 Å². The molecule has 22 heavy (non-hydrogen) atoms. The average Bonchev–Trinajstić information content (AvgIpc) is 2.99. The summed E-state index contributed by atoms with van der Waals surface area (Å²) in [6, 6.07) is 2.69. The number of benzene rings is 1. The van der Waals surface area contributed by atoms with Gasteiger partial charge in [-0.1, -0.05) is 12.2 Å². The first-order valence-electron chi connectivity index (χ1n) is 7.16. The summed E-state index contributed by atoms with van der Waals surface area (Å²) in [4.78, 5) is 2.17. The Balaban J connectivity index is 1.96. The molecular weight excluding hydrogens is 307 g/mol. The fourth-order valence-electron chi connectivity index (χ4n) is 2.38. The van der Waals surface area contributed by atoms with Gasteiger partial charge in [0.25, 0.3) is 0 Å². The second-order valence-corrected chi connectivity index (χ2v) is 6.92. The van der Waals surface area contributed by atoms with Crippen LogP contribution in [0.4, 0.5) is 4.39 Å². The van der Waals surface area contributed by atoms with Crippen LogP contribution in [0, 0.1) is 12.7 Å². The summed E-state index contributed by atoms with van der Waals surface area (Å²) < 4.78 is 45.8. The van der Waals surface area contributed by atoms with Gasteiger partial charge in [0.2, 0.25) is 10.0 Å². The smallest absolute Gasteiger partial charge is 0.240 e. The van der Waals surface area contributed by atoms with Gasteiger partial charge in [0.15, 0.2) is 11.6 Å². The lowest BCUT2D eigenvalue weighted by Gasteiger charge is -2.15. The molecule has 0 atom stereocenters. The molecule has 0 amide bonds. The predicted molar refractivity (Wildman–Crippen MR) is 83.1 cm³/mol. The van der Waals surface area contributed by atoms with Crippen LogP contribution in [-0.2, 0) is 10.0 Å². The second kappa shape index (κ2) is 7.21. The molecule has 1 aliphatic rings. The molecule has 1 aliphatic heterocycles. The van der Waals surface area contributed by atoms with Crippen molar-refractivity contribution < 1.29 is 17.5 Å². The highest BCUT2D eigenvalue weighted by Gasteiger charge is 2.20. The molecule has 0 radical (unpaired) electrons. The van der Waals surface area contributed by atoms with Crippen molar-refractivity contribution in [1.82, 2.24) is 9.62 Å². The molecule has 7 heteroatoms. The van der Waals surface area contributed by atoms with Crippen LogP contribution in [0.5, 0.6) is 5.75 Å².